The van der Waals surface area contributed by atoms with Gasteiger partial charge in [0.25, 0.3) is 0 Å². The standard InChI is InChI=1S/C18H10BrClO/c19-15-7-5-12(10-16(15)20)11-6-8-18-14(9-11)13-3-1-2-4-17(13)21-18/h1-10H. The first-order valence-electron chi connectivity index (χ1n) is 6.59. The molecule has 1 aromatic heterocycles. The van der Waals surface area contributed by atoms with Crippen LogP contribution in [0.4, 0.5) is 0 Å². The number of hydrogen-bond donors (Lipinski definition) is 0. The number of furan rings is 1. The van der Waals surface area contributed by atoms with Crippen molar-refractivity contribution in [2.45, 2.75) is 0 Å². The molecule has 0 unspecified atom stereocenters. The van der Waals surface area contributed by atoms with E-state index in [4.69, 9.17) is 16.0 Å². The Morgan fingerprint density at radius 1 is 0.762 bits per heavy atom. The van der Waals surface area contributed by atoms with Gasteiger partial charge in [0, 0.05) is 15.2 Å². The highest BCUT2D eigenvalue weighted by Gasteiger charge is 2.08. The molecular weight excluding hydrogens is 348 g/mol. The molecule has 0 spiro atoms. The van der Waals surface area contributed by atoms with E-state index < -0.39 is 0 Å². The van der Waals surface area contributed by atoms with Gasteiger partial charge in [-0.2, -0.15) is 0 Å². The van der Waals surface area contributed by atoms with Gasteiger partial charge in [0.2, 0.25) is 0 Å². The van der Waals surface area contributed by atoms with E-state index in [1.807, 2.05) is 36.4 Å². The molecule has 0 fully saturated rings. The lowest BCUT2D eigenvalue weighted by atomic mass is 10.0. The third-order valence-corrected chi connectivity index (χ3v) is 4.86. The summed E-state index contributed by atoms with van der Waals surface area (Å²) in [4.78, 5) is 0. The summed E-state index contributed by atoms with van der Waals surface area (Å²) >= 11 is 9.61. The molecule has 0 N–H and O–H groups in total. The molecule has 3 heteroatoms. The number of benzene rings is 3. The molecule has 21 heavy (non-hydrogen) atoms. The molecule has 0 saturated heterocycles. The van der Waals surface area contributed by atoms with E-state index in [9.17, 15) is 0 Å². The van der Waals surface area contributed by atoms with Gasteiger partial charge in [0.15, 0.2) is 0 Å². The van der Waals surface area contributed by atoms with E-state index in [0.717, 1.165) is 37.5 Å². The molecule has 0 aliphatic carbocycles. The van der Waals surface area contributed by atoms with E-state index in [1.54, 1.807) is 0 Å². The van der Waals surface area contributed by atoms with E-state index in [0.29, 0.717) is 5.02 Å². The van der Waals surface area contributed by atoms with Crippen LogP contribution in [0.3, 0.4) is 0 Å². The molecule has 0 radical (unpaired) electrons. The summed E-state index contributed by atoms with van der Waals surface area (Å²) in [6.07, 6.45) is 0. The Hall–Kier alpha value is -1.77. The zero-order chi connectivity index (χ0) is 14.4. The van der Waals surface area contributed by atoms with E-state index in [1.165, 1.54) is 0 Å². The first kappa shape index (κ1) is 12.9. The fourth-order valence-electron chi connectivity index (χ4n) is 2.58. The average molecular weight is 358 g/mol. The molecule has 0 atom stereocenters. The van der Waals surface area contributed by atoms with Crippen LogP contribution in [0.5, 0.6) is 0 Å². The monoisotopic (exact) mass is 356 g/mol. The van der Waals surface area contributed by atoms with Crippen LogP contribution in [0.2, 0.25) is 5.02 Å². The Kier molecular flexibility index (Phi) is 3.02. The molecule has 0 amide bonds. The quantitative estimate of drug-likeness (QED) is 0.371. The van der Waals surface area contributed by atoms with Gasteiger partial charge in [0.05, 0.1) is 5.02 Å². The van der Waals surface area contributed by atoms with Gasteiger partial charge in [-0.25, -0.2) is 0 Å². The number of rotatable bonds is 1. The minimum absolute atomic E-state index is 0.713. The first-order valence-corrected chi connectivity index (χ1v) is 7.76. The fourth-order valence-corrected chi connectivity index (χ4v) is 3.01. The predicted octanol–water partition coefficient (Wildman–Crippen LogP) is 6.67. The maximum absolute atomic E-state index is 6.19. The minimum atomic E-state index is 0.713. The maximum Gasteiger partial charge on any atom is 0.135 e. The van der Waals surface area contributed by atoms with Crippen molar-refractivity contribution in [2.75, 3.05) is 0 Å². The zero-order valence-corrected chi connectivity index (χ0v) is 13.3. The highest BCUT2D eigenvalue weighted by molar-refractivity contribution is 9.10. The van der Waals surface area contributed by atoms with Crippen molar-refractivity contribution in [1.82, 2.24) is 0 Å². The van der Waals surface area contributed by atoms with Crippen molar-refractivity contribution in [3.05, 3.63) is 70.2 Å². The summed E-state index contributed by atoms with van der Waals surface area (Å²) in [5.41, 5.74) is 4.04. The molecule has 0 bridgehead atoms. The Morgan fingerprint density at radius 2 is 1.48 bits per heavy atom. The number of fused-ring (bicyclic) bond motifs is 3. The Morgan fingerprint density at radius 3 is 2.33 bits per heavy atom. The average Bonchev–Trinajstić information content (AvgIpc) is 2.88. The van der Waals surface area contributed by atoms with Crippen LogP contribution in [0, 0.1) is 0 Å². The van der Waals surface area contributed by atoms with Crippen molar-refractivity contribution in [3.63, 3.8) is 0 Å². The molecule has 1 heterocycles. The zero-order valence-electron chi connectivity index (χ0n) is 10.9. The summed E-state index contributed by atoms with van der Waals surface area (Å²) in [7, 11) is 0. The molecular formula is C18H10BrClO. The second-order valence-electron chi connectivity index (χ2n) is 4.94. The summed E-state index contributed by atoms with van der Waals surface area (Å²) < 4.78 is 6.76. The summed E-state index contributed by atoms with van der Waals surface area (Å²) in [6.45, 7) is 0. The topological polar surface area (TPSA) is 13.1 Å². The van der Waals surface area contributed by atoms with E-state index >= 15 is 0 Å². The van der Waals surface area contributed by atoms with Crippen molar-refractivity contribution < 1.29 is 4.42 Å². The lowest BCUT2D eigenvalue weighted by molar-refractivity contribution is 0.669. The normalized spacial score (nSPS) is 11.3. The van der Waals surface area contributed by atoms with E-state index in [2.05, 4.69) is 40.2 Å². The van der Waals surface area contributed by atoms with Crippen LogP contribution in [0.25, 0.3) is 33.1 Å². The SMILES string of the molecule is Clc1cc(-c2ccc3oc4ccccc4c3c2)ccc1Br. The van der Waals surface area contributed by atoms with E-state index in [-0.39, 0.29) is 0 Å². The summed E-state index contributed by atoms with van der Waals surface area (Å²) in [5.74, 6) is 0. The van der Waals surface area contributed by atoms with Crippen LogP contribution in [-0.4, -0.2) is 0 Å². The van der Waals surface area contributed by atoms with Gasteiger partial charge in [0.1, 0.15) is 11.2 Å². The minimum Gasteiger partial charge on any atom is -0.456 e. The first-order chi connectivity index (χ1) is 10.2. The third kappa shape index (κ3) is 2.15. The smallest absolute Gasteiger partial charge is 0.135 e. The second-order valence-corrected chi connectivity index (χ2v) is 6.20. The van der Waals surface area contributed by atoms with Gasteiger partial charge >= 0.3 is 0 Å². The van der Waals surface area contributed by atoms with Gasteiger partial charge in [-0.15, -0.1) is 0 Å². The molecule has 0 aliphatic heterocycles. The van der Waals surface area contributed by atoms with Crippen LogP contribution < -0.4 is 0 Å². The number of hydrogen-bond acceptors (Lipinski definition) is 1. The highest BCUT2D eigenvalue weighted by Crippen LogP contribution is 2.34. The lowest BCUT2D eigenvalue weighted by Gasteiger charge is -2.04. The van der Waals surface area contributed by atoms with Crippen molar-refractivity contribution >= 4 is 49.5 Å². The maximum atomic E-state index is 6.19. The Balaban J connectivity index is 1.97. The fraction of sp³-hybridized carbons (Fsp3) is 0. The number of halogens is 2. The van der Waals surface area contributed by atoms with Crippen LogP contribution >= 0.6 is 27.5 Å². The molecule has 1 nitrogen and oxygen atoms in total. The summed E-state index contributed by atoms with van der Waals surface area (Å²) in [6, 6.07) is 20.3. The van der Waals surface area contributed by atoms with Crippen molar-refractivity contribution in [3.8, 4) is 11.1 Å². The third-order valence-electron chi connectivity index (χ3n) is 3.63. The largest absolute Gasteiger partial charge is 0.456 e. The van der Waals surface area contributed by atoms with Gasteiger partial charge in [-0.05, 0) is 57.4 Å². The lowest BCUT2D eigenvalue weighted by Crippen LogP contribution is -1.79. The predicted molar refractivity (Wildman–Crippen MR) is 91.9 cm³/mol. The molecule has 0 saturated carbocycles. The van der Waals surface area contributed by atoms with Crippen molar-refractivity contribution in [2.24, 2.45) is 0 Å². The second kappa shape index (κ2) is 4.90. The Bertz CT molecular complexity index is 971. The molecule has 4 rings (SSSR count). The molecule has 4 aromatic rings. The van der Waals surface area contributed by atoms with Crippen LogP contribution in [0.1, 0.15) is 0 Å². The van der Waals surface area contributed by atoms with Gasteiger partial charge in [-0.3, -0.25) is 0 Å². The molecule has 0 aliphatic rings. The van der Waals surface area contributed by atoms with Crippen molar-refractivity contribution in [1.29, 1.82) is 0 Å². The number of para-hydroxylation sites is 1. The van der Waals surface area contributed by atoms with Gasteiger partial charge < -0.3 is 4.42 Å². The Labute approximate surface area is 135 Å². The van der Waals surface area contributed by atoms with Crippen LogP contribution in [0.15, 0.2) is 69.6 Å². The van der Waals surface area contributed by atoms with Crippen LogP contribution in [-0.2, 0) is 0 Å². The summed E-state index contributed by atoms with van der Waals surface area (Å²) in [5, 5.41) is 2.98. The van der Waals surface area contributed by atoms with Gasteiger partial charge in [-0.1, -0.05) is 41.9 Å². The highest BCUT2D eigenvalue weighted by atomic mass is 79.9. The molecule has 3 aromatic carbocycles. The molecule has 102 valence electrons.